The van der Waals surface area contributed by atoms with Gasteiger partial charge in [-0.15, -0.1) is 0 Å². The van der Waals surface area contributed by atoms with Crippen molar-refractivity contribution < 1.29 is 27.8 Å². The monoisotopic (exact) mass is 369 g/mol. The van der Waals surface area contributed by atoms with E-state index in [0.29, 0.717) is 6.42 Å². The number of aromatic carboxylic acids is 1. The number of nitrogens with one attached hydrogen (secondary N) is 1. The molecule has 0 fully saturated rings. The summed E-state index contributed by atoms with van der Waals surface area (Å²) >= 11 is 2.86. The minimum atomic E-state index is -3.95. The Kier molecular flexibility index (Phi) is 5.75. The quantitative estimate of drug-likeness (QED) is 0.669. The lowest BCUT2D eigenvalue weighted by molar-refractivity contribution is 0.0661. The first-order valence-corrected chi connectivity index (χ1v) is 8.11. The van der Waals surface area contributed by atoms with E-state index in [2.05, 4.69) is 20.7 Å². The smallest absolute Gasteiger partial charge is 0.371 e. The first-order valence-electron chi connectivity index (χ1n) is 5.84. The van der Waals surface area contributed by atoms with Gasteiger partial charge in [0.05, 0.1) is 6.10 Å². The zero-order valence-electron chi connectivity index (χ0n) is 11.0. The lowest BCUT2D eigenvalue weighted by Crippen LogP contribution is -2.32. The van der Waals surface area contributed by atoms with Gasteiger partial charge in [-0.25, -0.2) is 17.9 Å². The van der Waals surface area contributed by atoms with Crippen molar-refractivity contribution in [2.24, 2.45) is 5.92 Å². The average Bonchev–Trinajstić information content (AvgIpc) is 2.69. The van der Waals surface area contributed by atoms with E-state index in [1.54, 1.807) is 0 Å². The molecule has 20 heavy (non-hydrogen) atoms. The number of rotatable bonds is 7. The summed E-state index contributed by atoms with van der Waals surface area (Å²) in [6.07, 6.45) is -0.357. The SMILES string of the molecule is CC(C)CC(O)CNS(=O)(=O)c1cc(C(=O)O)oc1Br. The van der Waals surface area contributed by atoms with Gasteiger partial charge in [-0.05, 0) is 28.3 Å². The lowest BCUT2D eigenvalue weighted by atomic mass is 10.1. The molecule has 9 heteroatoms. The van der Waals surface area contributed by atoms with Crippen molar-refractivity contribution in [3.05, 3.63) is 16.5 Å². The Morgan fingerprint density at radius 2 is 2.10 bits per heavy atom. The number of halogens is 1. The zero-order chi connectivity index (χ0) is 15.5. The van der Waals surface area contributed by atoms with E-state index < -0.39 is 27.9 Å². The topological polar surface area (TPSA) is 117 Å². The third-order valence-electron chi connectivity index (χ3n) is 2.41. The molecule has 0 aliphatic rings. The van der Waals surface area contributed by atoms with Crippen LogP contribution in [0.5, 0.6) is 0 Å². The Labute approximate surface area is 125 Å². The highest BCUT2D eigenvalue weighted by Crippen LogP contribution is 2.26. The second-order valence-electron chi connectivity index (χ2n) is 4.69. The van der Waals surface area contributed by atoms with Crippen LogP contribution in [0.3, 0.4) is 0 Å². The number of aliphatic hydroxyl groups excluding tert-OH is 1. The summed E-state index contributed by atoms with van der Waals surface area (Å²) in [7, 11) is -3.95. The van der Waals surface area contributed by atoms with E-state index in [4.69, 9.17) is 9.52 Å². The molecule has 1 heterocycles. The maximum absolute atomic E-state index is 12.0. The van der Waals surface area contributed by atoms with Crippen LogP contribution in [0.25, 0.3) is 0 Å². The fourth-order valence-corrected chi connectivity index (χ4v) is 3.56. The molecule has 1 unspecified atom stereocenters. The van der Waals surface area contributed by atoms with Crippen LogP contribution < -0.4 is 4.72 Å². The molecule has 7 nitrogen and oxygen atoms in total. The number of sulfonamides is 1. The maximum Gasteiger partial charge on any atom is 0.371 e. The Morgan fingerprint density at radius 3 is 2.55 bits per heavy atom. The standard InChI is InChI=1S/C11H16BrNO6S/c1-6(2)3-7(14)5-13-20(17,18)9-4-8(11(15)16)19-10(9)12/h4,6-7,13-14H,3,5H2,1-2H3,(H,15,16). The molecule has 0 amide bonds. The van der Waals surface area contributed by atoms with Gasteiger partial charge in [-0.1, -0.05) is 13.8 Å². The molecule has 0 saturated carbocycles. The number of carboxylic acid groups (broad SMARTS) is 1. The van der Waals surface area contributed by atoms with Gasteiger partial charge in [-0.2, -0.15) is 0 Å². The van der Waals surface area contributed by atoms with Crippen LogP contribution in [0.15, 0.2) is 20.0 Å². The zero-order valence-corrected chi connectivity index (χ0v) is 13.4. The van der Waals surface area contributed by atoms with Crippen LogP contribution in [0.1, 0.15) is 30.8 Å². The maximum atomic E-state index is 12.0. The fraction of sp³-hybridized carbons (Fsp3) is 0.545. The largest absolute Gasteiger partial charge is 0.475 e. The van der Waals surface area contributed by atoms with Crippen molar-refractivity contribution in [2.45, 2.75) is 31.3 Å². The Balaban J connectivity index is 2.81. The van der Waals surface area contributed by atoms with Gasteiger partial charge in [0.2, 0.25) is 15.8 Å². The molecule has 0 spiro atoms. The first-order chi connectivity index (χ1) is 9.13. The number of carboxylic acids is 1. The number of aliphatic hydroxyl groups is 1. The van der Waals surface area contributed by atoms with Crippen molar-refractivity contribution in [3.8, 4) is 0 Å². The molecule has 0 saturated heterocycles. The predicted octanol–water partition coefficient (Wildman–Crippen LogP) is 1.43. The van der Waals surface area contributed by atoms with Crippen LogP contribution in [-0.4, -0.2) is 37.2 Å². The number of furan rings is 1. The van der Waals surface area contributed by atoms with Crippen molar-refractivity contribution in [2.75, 3.05) is 6.54 Å². The molecule has 0 bridgehead atoms. The van der Waals surface area contributed by atoms with Crippen LogP contribution in [0.2, 0.25) is 0 Å². The van der Waals surface area contributed by atoms with Crippen molar-refractivity contribution in [3.63, 3.8) is 0 Å². The number of hydrogen-bond donors (Lipinski definition) is 3. The summed E-state index contributed by atoms with van der Waals surface area (Å²) in [6, 6.07) is 0.906. The Bertz CT molecular complexity index is 580. The minimum absolute atomic E-state index is 0.152. The fourth-order valence-electron chi connectivity index (χ4n) is 1.55. The van der Waals surface area contributed by atoms with Gasteiger partial charge in [-0.3, -0.25) is 0 Å². The molecule has 1 atom stereocenters. The van der Waals surface area contributed by atoms with E-state index in [9.17, 15) is 18.3 Å². The van der Waals surface area contributed by atoms with E-state index in [0.717, 1.165) is 6.07 Å². The third-order valence-corrected chi connectivity index (χ3v) is 4.69. The molecule has 0 aromatic carbocycles. The van der Waals surface area contributed by atoms with Gasteiger partial charge in [0.1, 0.15) is 4.90 Å². The summed E-state index contributed by atoms with van der Waals surface area (Å²) in [6.45, 7) is 3.66. The summed E-state index contributed by atoms with van der Waals surface area (Å²) in [5, 5.41) is 18.4. The second-order valence-corrected chi connectivity index (χ2v) is 7.14. The van der Waals surface area contributed by atoms with E-state index in [1.165, 1.54) is 0 Å². The molecule has 0 aliphatic heterocycles. The van der Waals surface area contributed by atoms with Crippen LogP contribution in [-0.2, 0) is 10.0 Å². The number of carbonyl (C=O) groups is 1. The highest BCUT2D eigenvalue weighted by molar-refractivity contribution is 9.10. The Morgan fingerprint density at radius 1 is 1.50 bits per heavy atom. The lowest BCUT2D eigenvalue weighted by Gasteiger charge is -2.13. The molecule has 0 aliphatic carbocycles. The van der Waals surface area contributed by atoms with Crippen molar-refractivity contribution in [1.29, 1.82) is 0 Å². The van der Waals surface area contributed by atoms with Gasteiger partial charge >= 0.3 is 5.97 Å². The summed E-state index contributed by atoms with van der Waals surface area (Å²) in [4.78, 5) is 10.4. The van der Waals surface area contributed by atoms with Crippen LogP contribution in [0.4, 0.5) is 0 Å². The molecule has 1 aromatic rings. The van der Waals surface area contributed by atoms with E-state index in [-0.39, 0.29) is 22.0 Å². The van der Waals surface area contributed by atoms with Gasteiger partial charge in [0.15, 0.2) is 4.67 Å². The highest BCUT2D eigenvalue weighted by atomic mass is 79.9. The summed E-state index contributed by atoms with van der Waals surface area (Å²) in [5.41, 5.74) is 0. The third kappa shape index (κ3) is 4.58. The first kappa shape index (κ1) is 17.2. The second kappa shape index (κ2) is 6.70. The van der Waals surface area contributed by atoms with Gasteiger partial charge in [0, 0.05) is 12.6 Å². The van der Waals surface area contributed by atoms with Crippen LogP contribution >= 0.6 is 15.9 Å². The minimum Gasteiger partial charge on any atom is -0.475 e. The normalized spacial score (nSPS) is 13.7. The molecule has 1 aromatic heterocycles. The summed E-state index contributed by atoms with van der Waals surface area (Å²) in [5.74, 6) is -1.62. The van der Waals surface area contributed by atoms with E-state index in [1.807, 2.05) is 13.8 Å². The summed E-state index contributed by atoms with van der Waals surface area (Å²) < 4.78 is 30.7. The average molecular weight is 370 g/mol. The van der Waals surface area contributed by atoms with Crippen molar-refractivity contribution >= 4 is 31.9 Å². The highest BCUT2D eigenvalue weighted by Gasteiger charge is 2.25. The number of hydrogen-bond acceptors (Lipinski definition) is 5. The van der Waals surface area contributed by atoms with Crippen LogP contribution in [0, 0.1) is 5.92 Å². The molecule has 0 radical (unpaired) electrons. The van der Waals surface area contributed by atoms with Gasteiger partial charge in [0.25, 0.3) is 0 Å². The Hall–Kier alpha value is -0.900. The molecule has 3 N–H and O–H groups in total. The molecule has 1 rings (SSSR count). The predicted molar refractivity (Wildman–Crippen MR) is 74.0 cm³/mol. The van der Waals surface area contributed by atoms with Gasteiger partial charge < -0.3 is 14.6 Å². The molecule has 114 valence electrons. The molecular weight excluding hydrogens is 354 g/mol. The van der Waals surface area contributed by atoms with E-state index >= 15 is 0 Å². The molecular formula is C11H16BrNO6S. The van der Waals surface area contributed by atoms with Crippen molar-refractivity contribution in [1.82, 2.24) is 4.72 Å².